The summed E-state index contributed by atoms with van der Waals surface area (Å²) in [6.07, 6.45) is 0. The average molecular weight is 307 g/mol. The van der Waals surface area contributed by atoms with Crippen molar-refractivity contribution in [1.82, 2.24) is 10.3 Å². The van der Waals surface area contributed by atoms with Gasteiger partial charge in [0.05, 0.1) is 12.8 Å². The van der Waals surface area contributed by atoms with Crippen molar-refractivity contribution < 1.29 is 4.74 Å². The van der Waals surface area contributed by atoms with Gasteiger partial charge in [-0.1, -0.05) is 18.2 Å². The van der Waals surface area contributed by atoms with E-state index in [1.807, 2.05) is 30.3 Å². The largest absolute Gasteiger partial charge is 0.497 e. The van der Waals surface area contributed by atoms with Crippen molar-refractivity contribution in [2.24, 2.45) is 0 Å². The zero-order valence-corrected chi connectivity index (χ0v) is 11.8. The van der Waals surface area contributed by atoms with Crippen molar-refractivity contribution in [3.8, 4) is 5.75 Å². The fourth-order valence-electron chi connectivity index (χ4n) is 1.63. The van der Waals surface area contributed by atoms with E-state index in [-0.39, 0.29) is 0 Å². The molecule has 0 spiro atoms. The maximum absolute atomic E-state index is 5.12. The zero-order valence-electron chi connectivity index (χ0n) is 10.2. The molecule has 0 amide bonds. The standard InChI is InChI=1S/C14H15BrN2O/c1-18-13-7-5-11(6-8-13)9-16-10-12-3-2-4-14(15)17-12/h2-8,16H,9-10H2,1H3. The summed E-state index contributed by atoms with van der Waals surface area (Å²) in [6.45, 7) is 1.57. The maximum atomic E-state index is 5.12. The van der Waals surface area contributed by atoms with Gasteiger partial charge in [0.1, 0.15) is 10.4 Å². The lowest BCUT2D eigenvalue weighted by Crippen LogP contribution is -2.13. The number of hydrogen-bond donors (Lipinski definition) is 1. The molecule has 0 radical (unpaired) electrons. The van der Waals surface area contributed by atoms with Gasteiger partial charge in [-0.3, -0.25) is 0 Å². The van der Waals surface area contributed by atoms with E-state index in [0.717, 1.165) is 29.1 Å². The molecular formula is C14H15BrN2O. The lowest BCUT2D eigenvalue weighted by atomic mass is 10.2. The van der Waals surface area contributed by atoms with Gasteiger partial charge < -0.3 is 10.1 Å². The van der Waals surface area contributed by atoms with E-state index < -0.39 is 0 Å². The molecule has 0 saturated heterocycles. The minimum Gasteiger partial charge on any atom is -0.497 e. The number of nitrogens with zero attached hydrogens (tertiary/aromatic N) is 1. The molecule has 0 aliphatic heterocycles. The number of benzene rings is 1. The third-order valence-corrected chi connectivity index (χ3v) is 3.01. The van der Waals surface area contributed by atoms with E-state index in [1.165, 1.54) is 5.56 Å². The lowest BCUT2D eigenvalue weighted by Gasteiger charge is -2.06. The highest BCUT2D eigenvalue weighted by Gasteiger charge is 1.97. The fraction of sp³-hybridized carbons (Fsp3) is 0.214. The van der Waals surface area contributed by atoms with Crippen molar-refractivity contribution in [1.29, 1.82) is 0 Å². The van der Waals surface area contributed by atoms with Crippen LogP contribution in [0.15, 0.2) is 47.1 Å². The molecule has 18 heavy (non-hydrogen) atoms. The molecule has 2 rings (SSSR count). The summed E-state index contributed by atoms with van der Waals surface area (Å²) in [7, 11) is 1.67. The van der Waals surface area contributed by atoms with Gasteiger partial charge in [0.2, 0.25) is 0 Å². The highest BCUT2D eigenvalue weighted by atomic mass is 79.9. The number of aromatic nitrogens is 1. The van der Waals surface area contributed by atoms with Gasteiger partial charge in [0.15, 0.2) is 0 Å². The minimum atomic E-state index is 0.755. The highest BCUT2D eigenvalue weighted by Crippen LogP contribution is 2.11. The number of methoxy groups -OCH3 is 1. The molecule has 2 aromatic rings. The van der Waals surface area contributed by atoms with Crippen LogP contribution >= 0.6 is 15.9 Å². The summed E-state index contributed by atoms with van der Waals surface area (Å²) in [5.74, 6) is 0.882. The van der Waals surface area contributed by atoms with Gasteiger partial charge >= 0.3 is 0 Å². The third kappa shape index (κ3) is 3.82. The van der Waals surface area contributed by atoms with Gasteiger partial charge in [-0.15, -0.1) is 0 Å². The Labute approximate surface area is 115 Å². The van der Waals surface area contributed by atoms with Crippen LogP contribution in [0.5, 0.6) is 5.75 Å². The lowest BCUT2D eigenvalue weighted by molar-refractivity contribution is 0.414. The Morgan fingerprint density at radius 2 is 1.89 bits per heavy atom. The molecule has 0 saturated carbocycles. The number of ether oxygens (including phenoxy) is 1. The molecular weight excluding hydrogens is 292 g/mol. The SMILES string of the molecule is COc1ccc(CNCc2cccc(Br)n2)cc1. The second-order valence-corrected chi connectivity index (χ2v) is 4.72. The first-order chi connectivity index (χ1) is 8.78. The Hall–Kier alpha value is -1.39. The van der Waals surface area contributed by atoms with Crippen LogP contribution in [0.4, 0.5) is 0 Å². The summed E-state index contributed by atoms with van der Waals surface area (Å²) in [4.78, 5) is 4.37. The Kier molecular flexibility index (Phi) is 4.73. The van der Waals surface area contributed by atoms with Crippen LogP contribution in [0.2, 0.25) is 0 Å². The summed E-state index contributed by atoms with van der Waals surface area (Å²) >= 11 is 3.36. The van der Waals surface area contributed by atoms with E-state index in [1.54, 1.807) is 7.11 Å². The Bertz CT molecular complexity index is 499. The molecule has 4 heteroatoms. The molecule has 0 atom stereocenters. The van der Waals surface area contributed by atoms with E-state index in [2.05, 4.69) is 38.4 Å². The van der Waals surface area contributed by atoms with Crippen LogP contribution in [0.1, 0.15) is 11.3 Å². The second kappa shape index (κ2) is 6.52. The van der Waals surface area contributed by atoms with Gasteiger partial charge in [0.25, 0.3) is 0 Å². The normalized spacial score (nSPS) is 10.3. The number of nitrogens with one attached hydrogen (secondary N) is 1. The number of pyridine rings is 1. The predicted molar refractivity (Wildman–Crippen MR) is 75.5 cm³/mol. The predicted octanol–water partition coefficient (Wildman–Crippen LogP) is 3.14. The van der Waals surface area contributed by atoms with Crippen LogP contribution in [-0.4, -0.2) is 12.1 Å². The topological polar surface area (TPSA) is 34.1 Å². The van der Waals surface area contributed by atoms with Crippen LogP contribution < -0.4 is 10.1 Å². The molecule has 0 fully saturated rings. The summed E-state index contributed by atoms with van der Waals surface area (Å²) in [5, 5.41) is 3.36. The van der Waals surface area contributed by atoms with Crippen molar-refractivity contribution in [2.75, 3.05) is 7.11 Å². The van der Waals surface area contributed by atoms with Crippen molar-refractivity contribution in [3.05, 3.63) is 58.3 Å². The first kappa shape index (κ1) is 13.1. The van der Waals surface area contributed by atoms with E-state index in [9.17, 15) is 0 Å². The highest BCUT2D eigenvalue weighted by molar-refractivity contribution is 9.10. The minimum absolute atomic E-state index is 0.755. The third-order valence-electron chi connectivity index (χ3n) is 2.57. The molecule has 1 N–H and O–H groups in total. The van der Waals surface area contributed by atoms with E-state index in [0.29, 0.717) is 0 Å². The van der Waals surface area contributed by atoms with Gasteiger partial charge in [-0.05, 0) is 45.8 Å². The summed E-state index contributed by atoms with van der Waals surface area (Å²) in [6, 6.07) is 14.0. The molecule has 1 heterocycles. The van der Waals surface area contributed by atoms with E-state index >= 15 is 0 Å². The summed E-state index contributed by atoms with van der Waals surface area (Å²) < 4.78 is 5.99. The first-order valence-electron chi connectivity index (χ1n) is 5.73. The molecule has 0 aliphatic carbocycles. The van der Waals surface area contributed by atoms with Crippen LogP contribution in [0.3, 0.4) is 0 Å². The summed E-state index contributed by atoms with van der Waals surface area (Å²) in [5.41, 5.74) is 2.25. The van der Waals surface area contributed by atoms with Gasteiger partial charge in [0, 0.05) is 13.1 Å². The molecule has 0 unspecified atom stereocenters. The molecule has 3 nitrogen and oxygen atoms in total. The Balaban J connectivity index is 1.84. The molecule has 1 aromatic heterocycles. The number of rotatable bonds is 5. The van der Waals surface area contributed by atoms with Crippen molar-refractivity contribution in [3.63, 3.8) is 0 Å². The molecule has 0 bridgehead atoms. The number of halogens is 1. The maximum Gasteiger partial charge on any atom is 0.118 e. The Morgan fingerprint density at radius 1 is 1.11 bits per heavy atom. The van der Waals surface area contributed by atoms with Gasteiger partial charge in [-0.2, -0.15) is 0 Å². The Morgan fingerprint density at radius 3 is 2.56 bits per heavy atom. The average Bonchev–Trinajstić information content (AvgIpc) is 2.40. The van der Waals surface area contributed by atoms with Crippen LogP contribution in [0, 0.1) is 0 Å². The monoisotopic (exact) mass is 306 g/mol. The zero-order chi connectivity index (χ0) is 12.8. The molecule has 94 valence electrons. The quantitative estimate of drug-likeness (QED) is 0.862. The van der Waals surface area contributed by atoms with Crippen molar-refractivity contribution >= 4 is 15.9 Å². The fourth-order valence-corrected chi connectivity index (χ4v) is 2.01. The van der Waals surface area contributed by atoms with Gasteiger partial charge in [-0.25, -0.2) is 4.98 Å². The molecule has 0 aliphatic rings. The van der Waals surface area contributed by atoms with Crippen molar-refractivity contribution in [2.45, 2.75) is 13.1 Å². The number of hydrogen-bond acceptors (Lipinski definition) is 3. The van der Waals surface area contributed by atoms with Crippen LogP contribution in [-0.2, 0) is 13.1 Å². The first-order valence-corrected chi connectivity index (χ1v) is 6.52. The van der Waals surface area contributed by atoms with Crippen LogP contribution in [0.25, 0.3) is 0 Å². The molecule has 1 aromatic carbocycles. The van der Waals surface area contributed by atoms with E-state index in [4.69, 9.17) is 4.74 Å². The second-order valence-electron chi connectivity index (χ2n) is 3.90. The smallest absolute Gasteiger partial charge is 0.118 e.